The predicted octanol–water partition coefficient (Wildman–Crippen LogP) is 1.81. The summed E-state index contributed by atoms with van der Waals surface area (Å²) in [6, 6.07) is 13.0. The fourth-order valence-electron chi connectivity index (χ4n) is 4.45. The Labute approximate surface area is 176 Å². The fraction of sp³-hybridized carbons (Fsp3) is 0.435. The Hall–Kier alpha value is -2.93. The average Bonchev–Trinajstić information content (AvgIpc) is 3.16. The molecule has 2 heterocycles. The Balaban J connectivity index is 1.32. The number of rotatable bonds is 5. The molecule has 1 fully saturated rings. The molecule has 1 saturated heterocycles. The van der Waals surface area contributed by atoms with Crippen molar-refractivity contribution in [3.8, 4) is 0 Å². The molecule has 5 N–H and O–H groups in total. The highest BCUT2D eigenvalue weighted by atomic mass is 16.2. The molecule has 0 saturated carbocycles. The third kappa shape index (κ3) is 4.46. The summed E-state index contributed by atoms with van der Waals surface area (Å²) in [5, 5.41) is 9.21. The smallest absolute Gasteiger partial charge is 0.242 e. The molecule has 0 radical (unpaired) electrons. The molecule has 0 bridgehead atoms. The molecule has 2 amide bonds. The van der Waals surface area contributed by atoms with Crippen LogP contribution in [0.15, 0.2) is 42.5 Å². The molecule has 158 valence electrons. The molecule has 4 rings (SSSR count). The number of nitrogens with zero attached hydrogens (tertiary/aromatic N) is 1. The van der Waals surface area contributed by atoms with Crippen LogP contribution in [0.5, 0.6) is 0 Å². The highest BCUT2D eigenvalue weighted by molar-refractivity contribution is 5.89. The van der Waals surface area contributed by atoms with E-state index in [0.29, 0.717) is 11.7 Å². The minimum absolute atomic E-state index is 0.0878. The van der Waals surface area contributed by atoms with Gasteiger partial charge < -0.3 is 21.7 Å². The number of anilines is 1. The highest BCUT2D eigenvalue weighted by Gasteiger charge is 2.31. The zero-order valence-corrected chi connectivity index (χ0v) is 17.2. The van der Waals surface area contributed by atoms with E-state index in [-0.39, 0.29) is 23.9 Å². The van der Waals surface area contributed by atoms with Crippen LogP contribution in [0, 0.1) is 0 Å². The van der Waals surface area contributed by atoms with Crippen molar-refractivity contribution in [1.82, 2.24) is 20.9 Å². The maximum absolute atomic E-state index is 12.8. The second-order valence-corrected chi connectivity index (χ2v) is 8.24. The van der Waals surface area contributed by atoms with Crippen LogP contribution in [0.3, 0.4) is 0 Å². The summed E-state index contributed by atoms with van der Waals surface area (Å²) >= 11 is 0. The lowest BCUT2D eigenvalue weighted by molar-refractivity contribution is -0.130. The zero-order chi connectivity index (χ0) is 21.1. The number of nitrogens with two attached hydrogens (primary N) is 1. The van der Waals surface area contributed by atoms with Crippen molar-refractivity contribution in [3.05, 3.63) is 59.3 Å². The first kappa shape index (κ1) is 20.3. The minimum atomic E-state index is -0.609. The van der Waals surface area contributed by atoms with Gasteiger partial charge in [-0.3, -0.25) is 9.59 Å². The first-order chi connectivity index (χ1) is 14.5. The summed E-state index contributed by atoms with van der Waals surface area (Å²) in [4.78, 5) is 29.8. The van der Waals surface area contributed by atoms with E-state index in [1.54, 1.807) is 13.0 Å². The Morgan fingerprint density at radius 2 is 1.97 bits per heavy atom. The molecular formula is C23H29N5O2. The van der Waals surface area contributed by atoms with Crippen molar-refractivity contribution < 1.29 is 9.59 Å². The lowest BCUT2D eigenvalue weighted by atomic mass is 9.86. The van der Waals surface area contributed by atoms with Gasteiger partial charge in [-0.15, -0.1) is 0 Å². The minimum Gasteiger partial charge on any atom is -0.384 e. The Bertz CT molecular complexity index is 917. The largest absolute Gasteiger partial charge is 0.384 e. The first-order valence-corrected chi connectivity index (χ1v) is 10.7. The molecule has 7 heteroatoms. The van der Waals surface area contributed by atoms with Crippen LogP contribution in [0.1, 0.15) is 55.0 Å². The number of carbonyl (C=O) groups excluding carboxylic acids is 2. The van der Waals surface area contributed by atoms with Gasteiger partial charge in [0, 0.05) is 5.69 Å². The molecule has 7 nitrogen and oxygen atoms in total. The van der Waals surface area contributed by atoms with Crippen molar-refractivity contribution >= 4 is 17.6 Å². The molecule has 1 aliphatic carbocycles. The van der Waals surface area contributed by atoms with E-state index in [2.05, 4.69) is 33.1 Å². The van der Waals surface area contributed by atoms with Crippen molar-refractivity contribution in [2.45, 2.75) is 56.7 Å². The Morgan fingerprint density at radius 3 is 2.77 bits per heavy atom. The third-order valence-corrected chi connectivity index (χ3v) is 6.14. The van der Waals surface area contributed by atoms with E-state index in [1.807, 2.05) is 24.3 Å². The number of piperidine rings is 1. The zero-order valence-electron chi connectivity index (χ0n) is 17.2. The summed E-state index contributed by atoms with van der Waals surface area (Å²) in [5.74, 6) is 0.533. The lowest BCUT2D eigenvalue weighted by Crippen LogP contribution is -2.53. The van der Waals surface area contributed by atoms with Gasteiger partial charge in [-0.05, 0) is 62.3 Å². The van der Waals surface area contributed by atoms with Gasteiger partial charge >= 0.3 is 0 Å². The summed E-state index contributed by atoms with van der Waals surface area (Å²) in [6.45, 7) is 2.51. The Morgan fingerprint density at radius 1 is 1.17 bits per heavy atom. The number of carbonyl (C=O) groups is 2. The number of amides is 2. The number of fused-ring (bicyclic) bond motifs is 1. The van der Waals surface area contributed by atoms with Crippen LogP contribution in [0.2, 0.25) is 0 Å². The summed E-state index contributed by atoms with van der Waals surface area (Å²) in [6.07, 6.45) is 3.32. The summed E-state index contributed by atoms with van der Waals surface area (Å²) < 4.78 is 0. The van der Waals surface area contributed by atoms with Gasteiger partial charge in [-0.2, -0.15) is 0 Å². The molecule has 4 atom stereocenters. The van der Waals surface area contributed by atoms with Crippen LogP contribution < -0.4 is 21.7 Å². The molecule has 0 spiro atoms. The number of aryl methyl sites for hydroxylation is 1. The molecule has 30 heavy (non-hydrogen) atoms. The second kappa shape index (κ2) is 8.83. The number of hydrogen-bond donors (Lipinski definition) is 4. The first-order valence-electron chi connectivity index (χ1n) is 10.7. The van der Waals surface area contributed by atoms with Gasteiger partial charge in [0.05, 0.1) is 12.1 Å². The SMILES string of the molecule is CC(NC(=O)C1CC(c2ccccc2)CCN1)C(=O)NC1CCc2nc(N)ccc21. The third-order valence-electron chi connectivity index (χ3n) is 6.14. The quantitative estimate of drug-likeness (QED) is 0.604. The van der Waals surface area contributed by atoms with Crippen LogP contribution >= 0.6 is 0 Å². The molecule has 1 aromatic carbocycles. The summed E-state index contributed by atoms with van der Waals surface area (Å²) in [5.41, 5.74) is 8.96. The average molecular weight is 408 g/mol. The van der Waals surface area contributed by atoms with E-state index in [9.17, 15) is 9.59 Å². The van der Waals surface area contributed by atoms with Crippen molar-refractivity contribution in [1.29, 1.82) is 0 Å². The van der Waals surface area contributed by atoms with Crippen LogP contribution in [-0.4, -0.2) is 35.4 Å². The normalized spacial score (nSPS) is 24.0. The number of nitrogens with one attached hydrogen (secondary N) is 3. The standard InChI is InChI=1S/C23H29N5O2/c1-14(22(29)28-19-9-8-18-17(19)7-10-21(24)27-18)26-23(30)20-13-16(11-12-25-20)15-5-3-2-4-6-15/h2-7,10,14,16,19-20,25H,8-9,11-13H2,1H3,(H2,24,27)(H,26,30)(H,28,29). The number of pyridine rings is 1. The number of hydrogen-bond acceptors (Lipinski definition) is 5. The highest BCUT2D eigenvalue weighted by Crippen LogP contribution is 2.30. The monoisotopic (exact) mass is 407 g/mol. The molecule has 4 unspecified atom stereocenters. The predicted molar refractivity (Wildman–Crippen MR) is 116 cm³/mol. The van der Waals surface area contributed by atoms with Crippen molar-refractivity contribution in [3.63, 3.8) is 0 Å². The van der Waals surface area contributed by atoms with Gasteiger partial charge in [0.2, 0.25) is 11.8 Å². The maximum atomic E-state index is 12.8. The van der Waals surface area contributed by atoms with E-state index >= 15 is 0 Å². The van der Waals surface area contributed by atoms with Gasteiger partial charge in [-0.25, -0.2) is 4.98 Å². The van der Waals surface area contributed by atoms with Crippen LogP contribution in [-0.2, 0) is 16.0 Å². The van der Waals surface area contributed by atoms with Gasteiger partial charge in [-0.1, -0.05) is 36.4 Å². The summed E-state index contributed by atoms with van der Waals surface area (Å²) in [7, 11) is 0. The maximum Gasteiger partial charge on any atom is 0.242 e. The number of aromatic nitrogens is 1. The van der Waals surface area contributed by atoms with Gasteiger partial charge in [0.15, 0.2) is 0 Å². The van der Waals surface area contributed by atoms with Crippen LogP contribution in [0.25, 0.3) is 0 Å². The van der Waals surface area contributed by atoms with Crippen LogP contribution in [0.4, 0.5) is 5.82 Å². The van der Waals surface area contributed by atoms with Gasteiger partial charge in [0.1, 0.15) is 11.9 Å². The van der Waals surface area contributed by atoms with E-state index in [4.69, 9.17) is 5.73 Å². The molecule has 2 aliphatic rings. The van der Waals surface area contributed by atoms with Gasteiger partial charge in [0.25, 0.3) is 0 Å². The van der Waals surface area contributed by atoms with Crippen molar-refractivity contribution in [2.75, 3.05) is 12.3 Å². The van der Waals surface area contributed by atoms with Crippen molar-refractivity contribution in [2.24, 2.45) is 0 Å². The number of benzene rings is 1. The van der Waals surface area contributed by atoms with E-state index in [1.165, 1.54) is 5.56 Å². The fourth-order valence-corrected chi connectivity index (χ4v) is 4.45. The second-order valence-electron chi connectivity index (χ2n) is 8.24. The molecule has 1 aliphatic heterocycles. The lowest BCUT2D eigenvalue weighted by Gasteiger charge is -2.30. The topological polar surface area (TPSA) is 109 Å². The molecule has 2 aromatic rings. The van der Waals surface area contributed by atoms with E-state index in [0.717, 1.165) is 43.5 Å². The number of nitrogen functional groups attached to an aromatic ring is 1. The Kier molecular flexibility index (Phi) is 5.99. The molecular weight excluding hydrogens is 378 g/mol. The molecule has 1 aromatic heterocycles. The van der Waals surface area contributed by atoms with E-state index < -0.39 is 6.04 Å².